The zero-order valence-electron chi connectivity index (χ0n) is 34.3. The molecular weight excluding hydrogens is 695 g/mol. The molecular formula is C53H51N3O. The summed E-state index contributed by atoms with van der Waals surface area (Å²) in [4.78, 5) is 10.3. The highest BCUT2D eigenvalue weighted by Crippen LogP contribution is 2.45. The van der Waals surface area contributed by atoms with Gasteiger partial charge in [0.05, 0.1) is 22.3 Å². The maximum Gasteiger partial charge on any atom is 0.149 e. The largest absolute Gasteiger partial charge is 0.507 e. The van der Waals surface area contributed by atoms with E-state index in [2.05, 4.69) is 193 Å². The molecule has 0 fully saturated rings. The highest BCUT2D eigenvalue weighted by molar-refractivity contribution is 5.97. The second kappa shape index (κ2) is 14.4. The third-order valence-corrected chi connectivity index (χ3v) is 11.4. The Bertz CT molecular complexity index is 2700. The minimum atomic E-state index is -0.285. The molecule has 2 heterocycles. The van der Waals surface area contributed by atoms with E-state index in [0.717, 1.165) is 66.9 Å². The number of fused-ring (bicyclic) bond motifs is 1. The zero-order chi connectivity index (χ0) is 40.1. The summed E-state index contributed by atoms with van der Waals surface area (Å²) < 4.78 is 2.20. The minimum absolute atomic E-state index is 0.139. The Kier molecular flexibility index (Phi) is 9.48. The van der Waals surface area contributed by atoms with E-state index >= 15 is 0 Å². The number of aromatic hydroxyl groups is 1. The summed E-state index contributed by atoms with van der Waals surface area (Å²) in [6.07, 6.45) is 1.85. The first kappa shape index (κ1) is 37.7. The van der Waals surface area contributed by atoms with Crippen molar-refractivity contribution in [2.24, 2.45) is 0 Å². The average molecular weight is 746 g/mol. The third-order valence-electron chi connectivity index (χ3n) is 11.4. The molecule has 0 spiro atoms. The van der Waals surface area contributed by atoms with Crippen molar-refractivity contribution in [1.82, 2.24) is 14.5 Å². The van der Waals surface area contributed by atoms with Crippen LogP contribution in [0.25, 0.3) is 61.6 Å². The predicted molar refractivity (Wildman–Crippen MR) is 238 cm³/mol. The van der Waals surface area contributed by atoms with Crippen molar-refractivity contribution in [3.8, 4) is 56.3 Å². The first-order valence-electron chi connectivity index (χ1n) is 19.9. The molecule has 0 aliphatic heterocycles. The summed E-state index contributed by atoms with van der Waals surface area (Å²) >= 11 is 0. The van der Waals surface area contributed by atoms with Gasteiger partial charge in [0.2, 0.25) is 0 Å². The maximum atomic E-state index is 12.1. The van der Waals surface area contributed by atoms with Gasteiger partial charge in [0.1, 0.15) is 11.6 Å². The molecule has 8 aromatic rings. The van der Waals surface area contributed by atoms with Crippen LogP contribution < -0.4 is 0 Å². The van der Waals surface area contributed by atoms with Crippen LogP contribution in [0.15, 0.2) is 158 Å². The highest BCUT2D eigenvalue weighted by atomic mass is 16.3. The summed E-state index contributed by atoms with van der Waals surface area (Å²) in [5, 5.41) is 12.1. The molecule has 0 atom stereocenters. The summed E-state index contributed by atoms with van der Waals surface area (Å²) in [7, 11) is 0. The Morgan fingerprint density at radius 2 is 1.12 bits per heavy atom. The minimum Gasteiger partial charge on any atom is -0.507 e. The SMILES string of the molecule is CC(C)(C)c1cc(-c2nc3c(-c4cc(-c5ccc(C(C)(C)c6ccccc6)cc5)cc(-c5ccccn5)c4)cccc3n2-c2ccccc2)c(O)c(C(C)(C)C)c1. The number of hydrogen-bond acceptors (Lipinski definition) is 3. The van der Waals surface area contributed by atoms with Gasteiger partial charge in [0.25, 0.3) is 0 Å². The molecule has 0 radical (unpaired) electrons. The molecule has 0 amide bonds. The molecule has 8 rings (SSSR count). The molecule has 284 valence electrons. The van der Waals surface area contributed by atoms with Crippen LogP contribution >= 0.6 is 0 Å². The van der Waals surface area contributed by atoms with Crippen molar-refractivity contribution < 1.29 is 5.11 Å². The lowest BCUT2D eigenvalue weighted by Gasteiger charge is -2.27. The molecule has 0 saturated carbocycles. The second-order valence-corrected chi connectivity index (χ2v) is 17.8. The number of para-hydroxylation sites is 2. The summed E-state index contributed by atoms with van der Waals surface area (Å²) in [5.41, 5.74) is 13.8. The van der Waals surface area contributed by atoms with E-state index in [9.17, 15) is 5.11 Å². The van der Waals surface area contributed by atoms with E-state index in [1.165, 1.54) is 11.1 Å². The molecule has 4 heteroatoms. The van der Waals surface area contributed by atoms with Crippen LogP contribution in [0.4, 0.5) is 0 Å². The number of hydrogen-bond donors (Lipinski definition) is 1. The normalized spacial score (nSPS) is 12.3. The van der Waals surface area contributed by atoms with Crippen LogP contribution in [0.3, 0.4) is 0 Å². The van der Waals surface area contributed by atoms with Crippen molar-refractivity contribution >= 4 is 11.0 Å². The average Bonchev–Trinajstić information content (AvgIpc) is 3.60. The molecule has 2 aromatic heterocycles. The van der Waals surface area contributed by atoms with Gasteiger partial charge in [-0.3, -0.25) is 9.55 Å². The third kappa shape index (κ3) is 7.17. The number of nitrogens with zero attached hydrogens (tertiary/aromatic N) is 3. The molecule has 0 aliphatic rings. The second-order valence-electron chi connectivity index (χ2n) is 17.8. The lowest BCUT2D eigenvalue weighted by molar-refractivity contribution is 0.446. The van der Waals surface area contributed by atoms with Crippen molar-refractivity contribution in [2.75, 3.05) is 0 Å². The van der Waals surface area contributed by atoms with Gasteiger partial charge in [-0.05, 0) is 98.8 Å². The molecule has 6 aromatic carbocycles. The van der Waals surface area contributed by atoms with Crippen molar-refractivity contribution in [3.63, 3.8) is 0 Å². The van der Waals surface area contributed by atoms with E-state index < -0.39 is 0 Å². The van der Waals surface area contributed by atoms with E-state index in [4.69, 9.17) is 9.97 Å². The summed E-state index contributed by atoms with van der Waals surface area (Å²) in [6, 6.07) is 53.5. The summed E-state index contributed by atoms with van der Waals surface area (Å²) in [6.45, 7) is 17.7. The van der Waals surface area contributed by atoms with Gasteiger partial charge < -0.3 is 5.11 Å². The molecule has 1 N–H and O–H groups in total. The smallest absolute Gasteiger partial charge is 0.149 e. The topological polar surface area (TPSA) is 50.9 Å². The predicted octanol–water partition coefficient (Wildman–Crippen LogP) is 13.7. The van der Waals surface area contributed by atoms with Crippen molar-refractivity contribution in [2.45, 2.75) is 71.6 Å². The lowest BCUT2D eigenvalue weighted by atomic mass is 9.78. The fraction of sp³-hybridized carbons (Fsp3) is 0.208. The summed E-state index contributed by atoms with van der Waals surface area (Å²) in [5.74, 6) is 0.971. The van der Waals surface area contributed by atoms with Gasteiger partial charge in [0.15, 0.2) is 0 Å². The number of rotatable bonds is 7. The maximum absolute atomic E-state index is 12.1. The van der Waals surface area contributed by atoms with Gasteiger partial charge in [-0.1, -0.05) is 152 Å². The zero-order valence-corrected chi connectivity index (χ0v) is 34.3. The number of pyridine rings is 1. The first-order valence-corrected chi connectivity index (χ1v) is 19.9. The van der Waals surface area contributed by atoms with E-state index in [0.29, 0.717) is 5.82 Å². The van der Waals surface area contributed by atoms with Crippen LogP contribution in [0.5, 0.6) is 5.75 Å². The molecule has 0 saturated heterocycles. The van der Waals surface area contributed by atoms with Crippen molar-refractivity contribution in [3.05, 3.63) is 180 Å². The first-order chi connectivity index (χ1) is 27.2. The molecule has 4 nitrogen and oxygen atoms in total. The lowest BCUT2D eigenvalue weighted by Crippen LogP contribution is -2.18. The van der Waals surface area contributed by atoms with Crippen molar-refractivity contribution in [1.29, 1.82) is 0 Å². The Hall–Kier alpha value is -6.26. The monoisotopic (exact) mass is 745 g/mol. The Morgan fingerprint density at radius 3 is 1.77 bits per heavy atom. The van der Waals surface area contributed by atoms with Gasteiger partial charge in [-0.15, -0.1) is 0 Å². The van der Waals surface area contributed by atoms with Gasteiger partial charge >= 0.3 is 0 Å². The number of imidazole rings is 1. The van der Waals surface area contributed by atoms with Crippen LogP contribution in [0, 0.1) is 0 Å². The number of benzene rings is 6. The van der Waals surface area contributed by atoms with Gasteiger partial charge in [-0.25, -0.2) is 4.98 Å². The number of aromatic nitrogens is 3. The Morgan fingerprint density at radius 1 is 0.491 bits per heavy atom. The highest BCUT2D eigenvalue weighted by Gasteiger charge is 2.29. The fourth-order valence-corrected chi connectivity index (χ4v) is 7.89. The van der Waals surface area contributed by atoms with E-state index in [-0.39, 0.29) is 22.0 Å². The molecule has 0 bridgehead atoms. The van der Waals surface area contributed by atoms with Crippen LogP contribution in [-0.4, -0.2) is 19.6 Å². The Labute approximate surface area is 337 Å². The van der Waals surface area contributed by atoms with E-state index in [1.54, 1.807) is 0 Å². The van der Waals surface area contributed by atoms with Crippen LogP contribution in [0.1, 0.15) is 77.6 Å². The standard InChI is InChI=1S/C53H51N3O/c1-51(2,3)41-33-44(49(57)45(34-41)52(4,5)6)50-55-48-43(22-17-24-47(48)56(50)42-20-13-10-14-21-42)37-30-36(31-38(32-37)46-23-15-16-29-54-46)35-25-27-40(28-26-35)53(7,8)39-18-11-9-12-19-39/h9-34,57H,1-8H3. The fourth-order valence-electron chi connectivity index (χ4n) is 7.89. The van der Waals surface area contributed by atoms with Crippen LogP contribution in [0.2, 0.25) is 0 Å². The van der Waals surface area contributed by atoms with Gasteiger partial charge in [-0.2, -0.15) is 0 Å². The molecule has 0 aliphatic carbocycles. The van der Waals surface area contributed by atoms with E-state index in [1.807, 2.05) is 24.4 Å². The van der Waals surface area contributed by atoms with Gasteiger partial charge in [0, 0.05) is 34.0 Å². The Balaban J connectivity index is 1.35. The quantitative estimate of drug-likeness (QED) is 0.177. The number of phenolic OH excluding ortho intramolecular Hbond substituents is 1. The number of phenols is 1. The van der Waals surface area contributed by atoms with Crippen LogP contribution in [-0.2, 0) is 16.2 Å². The molecule has 57 heavy (non-hydrogen) atoms. The molecule has 0 unspecified atom stereocenters.